The fourth-order valence-electron chi connectivity index (χ4n) is 4.21. The highest BCUT2D eigenvalue weighted by Crippen LogP contribution is 2.32. The maximum Gasteiger partial charge on any atom is 0.318 e. The number of hydrogen-bond acceptors (Lipinski definition) is 5. The van der Waals surface area contributed by atoms with Crippen LogP contribution < -0.4 is 11.1 Å². The van der Waals surface area contributed by atoms with Gasteiger partial charge in [0.2, 0.25) is 0 Å². The molecule has 3 aliphatic rings. The second kappa shape index (κ2) is 8.81. The number of amides is 2. The Balaban J connectivity index is 1.42. The molecule has 0 aromatic heterocycles. The van der Waals surface area contributed by atoms with Gasteiger partial charge < -0.3 is 20.9 Å². The lowest BCUT2D eigenvalue weighted by atomic mass is 10.0. The van der Waals surface area contributed by atoms with Crippen LogP contribution in [0.5, 0.6) is 0 Å². The number of halogens is 2. The van der Waals surface area contributed by atoms with Crippen molar-refractivity contribution in [3.05, 3.63) is 46.9 Å². The molecule has 30 heavy (non-hydrogen) atoms. The topological polar surface area (TPSA) is 77.2 Å². The van der Waals surface area contributed by atoms with E-state index in [0.717, 1.165) is 38.8 Å². The summed E-state index contributed by atoms with van der Waals surface area (Å²) in [7, 11) is 1.98. The number of nitrogens with zero attached hydrogens (tertiary/aromatic N) is 4. The maximum atomic E-state index is 14.1. The standard InChI is InChI=1S/C21H28ClFN6O/c1-27-10-8-19(24)26-20(27)28-9-2-3-17(13-28)29(16-6-7-16)21(30)25-12-14-4-5-15(22)11-18(14)23/h4-5,8,10-11,16-17,20H,2-3,6-7,9,12-13H2,1H3,(H2,24,26)(H,25,30)/t17-,20?/m1/s1. The summed E-state index contributed by atoms with van der Waals surface area (Å²) in [4.78, 5) is 23.9. The van der Waals surface area contributed by atoms with Crippen LogP contribution in [-0.4, -0.2) is 65.1 Å². The van der Waals surface area contributed by atoms with Gasteiger partial charge in [0.1, 0.15) is 11.7 Å². The SMILES string of the molecule is CN1C=CC(N)=NC1N1CCC[C@@H](N(C(=O)NCc2ccc(Cl)cc2F)C2CC2)C1. The summed E-state index contributed by atoms with van der Waals surface area (Å²) in [6, 6.07) is 4.71. The minimum Gasteiger partial charge on any atom is -0.384 e. The Hall–Kier alpha value is -2.32. The minimum atomic E-state index is -0.409. The van der Waals surface area contributed by atoms with Crippen LogP contribution >= 0.6 is 11.6 Å². The summed E-state index contributed by atoms with van der Waals surface area (Å²) in [5.74, 6) is 0.107. The van der Waals surface area contributed by atoms with Crippen LogP contribution in [0.25, 0.3) is 0 Å². The van der Waals surface area contributed by atoms with E-state index in [2.05, 4.69) is 15.2 Å². The molecule has 3 N–H and O–H groups in total. The zero-order chi connectivity index (χ0) is 21.3. The molecule has 1 aromatic carbocycles. The molecular weight excluding hydrogens is 407 g/mol. The predicted molar refractivity (Wildman–Crippen MR) is 115 cm³/mol. The number of urea groups is 1. The molecule has 7 nitrogen and oxygen atoms in total. The van der Waals surface area contributed by atoms with E-state index in [9.17, 15) is 9.18 Å². The summed E-state index contributed by atoms with van der Waals surface area (Å²) in [5, 5.41) is 3.25. The zero-order valence-corrected chi connectivity index (χ0v) is 17.9. The van der Waals surface area contributed by atoms with Gasteiger partial charge in [-0.05, 0) is 43.9 Å². The smallest absolute Gasteiger partial charge is 0.318 e. The molecule has 0 spiro atoms. The molecule has 2 amide bonds. The number of piperidine rings is 1. The molecule has 0 bridgehead atoms. The summed E-state index contributed by atoms with van der Waals surface area (Å²) >= 11 is 5.81. The second-order valence-electron chi connectivity index (χ2n) is 8.21. The molecule has 2 fully saturated rings. The normalized spacial score (nSPS) is 24.5. The Morgan fingerprint density at radius 2 is 2.17 bits per heavy atom. The minimum absolute atomic E-state index is 0.0945. The van der Waals surface area contributed by atoms with Crippen molar-refractivity contribution in [3.8, 4) is 0 Å². The second-order valence-corrected chi connectivity index (χ2v) is 8.64. The molecule has 1 aromatic rings. The highest BCUT2D eigenvalue weighted by atomic mass is 35.5. The van der Waals surface area contributed by atoms with Crippen LogP contribution in [-0.2, 0) is 6.54 Å². The fourth-order valence-corrected chi connectivity index (χ4v) is 4.37. The highest BCUT2D eigenvalue weighted by molar-refractivity contribution is 6.30. The van der Waals surface area contributed by atoms with Gasteiger partial charge >= 0.3 is 6.03 Å². The van der Waals surface area contributed by atoms with E-state index in [4.69, 9.17) is 17.3 Å². The molecule has 2 heterocycles. The van der Waals surface area contributed by atoms with E-state index in [1.54, 1.807) is 18.2 Å². The van der Waals surface area contributed by atoms with Gasteiger partial charge in [-0.2, -0.15) is 0 Å². The first kappa shape index (κ1) is 20.9. The lowest BCUT2D eigenvalue weighted by Crippen LogP contribution is -2.57. The summed E-state index contributed by atoms with van der Waals surface area (Å²) in [6.45, 7) is 1.78. The molecule has 2 atom stereocenters. The van der Waals surface area contributed by atoms with Crippen LogP contribution in [0, 0.1) is 5.82 Å². The Morgan fingerprint density at radius 1 is 1.37 bits per heavy atom. The molecule has 1 saturated carbocycles. The Kier molecular flexibility index (Phi) is 6.15. The van der Waals surface area contributed by atoms with Gasteiger partial charge in [0.25, 0.3) is 0 Å². The van der Waals surface area contributed by atoms with E-state index in [1.807, 2.05) is 23.0 Å². The lowest BCUT2D eigenvalue weighted by Gasteiger charge is -2.44. The molecule has 162 valence electrons. The third-order valence-corrected chi connectivity index (χ3v) is 6.11. The Bertz CT molecular complexity index is 858. The molecule has 1 saturated heterocycles. The predicted octanol–water partition coefficient (Wildman–Crippen LogP) is 2.72. The van der Waals surface area contributed by atoms with Gasteiger partial charge in [0, 0.05) is 55.6 Å². The molecule has 1 aliphatic carbocycles. The third kappa shape index (κ3) is 4.70. The summed E-state index contributed by atoms with van der Waals surface area (Å²) in [6.07, 6.45) is 7.52. The van der Waals surface area contributed by atoms with Gasteiger partial charge in [0.15, 0.2) is 6.29 Å². The lowest BCUT2D eigenvalue weighted by molar-refractivity contribution is 0.0372. The first-order valence-electron chi connectivity index (χ1n) is 10.4. The third-order valence-electron chi connectivity index (χ3n) is 5.88. The van der Waals surface area contributed by atoms with Gasteiger partial charge in [-0.25, -0.2) is 14.2 Å². The molecule has 2 aliphatic heterocycles. The molecule has 0 radical (unpaired) electrons. The average molecular weight is 435 g/mol. The quantitative estimate of drug-likeness (QED) is 0.747. The molecular formula is C21H28ClFN6O. The number of nitrogens with two attached hydrogens (primary N) is 1. The number of benzene rings is 1. The van der Waals surface area contributed by atoms with Crippen LogP contribution in [0.15, 0.2) is 35.5 Å². The van der Waals surface area contributed by atoms with E-state index in [-0.39, 0.29) is 30.9 Å². The van der Waals surface area contributed by atoms with Crippen molar-refractivity contribution in [2.45, 2.75) is 50.6 Å². The first-order chi connectivity index (χ1) is 14.4. The van der Waals surface area contributed by atoms with Crippen molar-refractivity contribution in [2.75, 3.05) is 20.1 Å². The van der Waals surface area contributed by atoms with E-state index >= 15 is 0 Å². The zero-order valence-electron chi connectivity index (χ0n) is 17.1. The van der Waals surface area contributed by atoms with Crippen molar-refractivity contribution in [2.24, 2.45) is 10.7 Å². The molecule has 4 rings (SSSR count). The number of carbonyl (C=O) groups is 1. The van der Waals surface area contributed by atoms with Crippen LogP contribution in [0.1, 0.15) is 31.2 Å². The van der Waals surface area contributed by atoms with Gasteiger partial charge in [-0.1, -0.05) is 17.7 Å². The molecule has 9 heteroatoms. The Labute approximate surface area is 181 Å². The summed E-state index contributed by atoms with van der Waals surface area (Å²) < 4.78 is 14.1. The monoisotopic (exact) mass is 434 g/mol. The Morgan fingerprint density at radius 3 is 2.90 bits per heavy atom. The van der Waals surface area contributed by atoms with Crippen LogP contribution in [0.3, 0.4) is 0 Å². The fraction of sp³-hybridized carbons (Fsp3) is 0.524. The maximum absolute atomic E-state index is 14.1. The van der Waals surface area contributed by atoms with E-state index in [0.29, 0.717) is 16.4 Å². The summed E-state index contributed by atoms with van der Waals surface area (Å²) in [5.41, 5.74) is 6.33. The van der Waals surface area contributed by atoms with E-state index in [1.165, 1.54) is 6.07 Å². The highest BCUT2D eigenvalue weighted by Gasteiger charge is 2.40. The van der Waals surface area contributed by atoms with Gasteiger partial charge in [-0.15, -0.1) is 0 Å². The number of rotatable bonds is 5. The first-order valence-corrected chi connectivity index (χ1v) is 10.8. The molecule has 1 unspecified atom stereocenters. The number of aliphatic imine (C=N–C) groups is 1. The van der Waals surface area contributed by atoms with Crippen molar-refractivity contribution >= 4 is 23.5 Å². The van der Waals surface area contributed by atoms with Crippen molar-refractivity contribution in [1.82, 2.24) is 20.0 Å². The van der Waals surface area contributed by atoms with Crippen LogP contribution in [0.2, 0.25) is 5.02 Å². The number of nitrogens with one attached hydrogen (secondary N) is 1. The van der Waals surface area contributed by atoms with Crippen LogP contribution in [0.4, 0.5) is 9.18 Å². The van der Waals surface area contributed by atoms with Crippen molar-refractivity contribution in [3.63, 3.8) is 0 Å². The van der Waals surface area contributed by atoms with Crippen molar-refractivity contribution in [1.29, 1.82) is 0 Å². The average Bonchev–Trinajstić information content (AvgIpc) is 3.54. The largest absolute Gasteiger partial charge is 0.384 e. The number of carbonyl (C=O) groups excluding carboxylic acids is 1. The van der Waals surface area contributed by atoms with Crippen molar-refractivity contribution < 1.29 is 9.18 Å². The number of likely N-dealkylation sites (tertiary alicyclic amines) is 1. The number of amidine groups is 1. The van der Waals surface area contributed by atoms with Gasteiger partial charge in [-0.3, -0.25) is 4.90 Å². The number of hydrogen-bond donors (Lipinski definition) is 2. The van der Waals surface area contributed by atoms with Gasteiger partial charge in [0.05, 0.1) is 0 Å². The van der Waals surface area contributed by atoms with E-state index < -0.39 is 5.82 Å².